The number of benzene rings is 1. The molecule has 0 aromatic heterocycles. The number of anilines is 2. The Balaban J connectivity index is 3.16. The molecule has 0 aliphatic rings. The zero-order chi connectivity index (χ0) is 8.27. The molecular formula is C9H12N2. The molecule has 11 heavy (non-hydrogen) atoms. The van der Waals surface area contributed by atoms with E-state index in [0.717, 1.165) is 16.9 Å². The molecule has 58 valence electrons. The molecule has 0 saturated heterocycles. The maximum absolute atomic E-state index is 5.58. The molecule has 0 bridgehead atoms. The second kappa shape index (κ2) is 3.10. The van der Waals surface area contributed by atoms with E-state index in [1.165, 1.54) is 0 Å². The predicted molar refractivity (Wildman–Crippen MR) is 50.5 cm³/mol. The summed E-state index contributed by atoms with van der Waals surface area (Å²) in [6, 6.07) is 5.68. The van der Waals surface area contributed by atoms with E-state index in [9.17, 15) is 0 Å². The van der Waals surface area contributed by atoms with Gasteiger partial charge in [0.15, 0.2) is 0 Å². The van der Waals surface area contributed by atoms with Crippen LogP contribution in [-0.2, 0) is 0 Å². The molecule has 0 radical (unpaired) electrons. The molecule has 2 heteroatoms. The lowest BCUT2D eigenvalue weighted by molar-refractivity contribution is 1.49. The van der Waals surface area contributed by atoms with Crippen LogP contribution in [0.3, 0.4) is 0 Å². The Morgan fingerprint density at radius 2 is 2.27 bits per heavy atom. The second-order valence-electron chi connectivity index (χ2n) is 2.30. The van der Waals surface area contributed by atoms with Gasteiger partial charge in [0.05, 0.1) is 0 Å². The van der Waals surface area contributed by atoms with Crippen LogP contribution in [0.4, 0.5) is 11.4 Å². The van der Waals surface area contributed by atoms with E-state index in [-0.39, 0.29) is 0 Å². The summed E-state index contributed by atoms with van der Waals surface area (Å²) in [5.74, 6) is 0. The van der Waals surface area contributed by atoms with Gasteiger partial charge < -0.3 is 11.1 Å². The van der Waals surface area contributed by atoms with Crippen molar-refractivity contribution in [1.82, 2.24) is 0 Å². The molecule has 0 unspecified atom stereocenters. The van der Waals surface area contributed by atoms with Crippen LogP contribution in [0, 0.1) is 0 Å². The Labute approximate surface area is 66.7 Å². The van der Waals surface area contributed by atoms with Gasteiger partial charge >= 0.3 is 0 Å². The maximum atomic E-state index is 5.58. The fourth-order valence-electron chi connectivity index (χ4n) is 0.968. The third kappa shape index (κ3) is 1.52. The van der Waals surface area contributed by atoms with E-state index >= 15 is 0 Å². The van der Waals surface area contributed by atoms with Crippen molar-refractivity contribution in [2.24, 2.45) is 0 Å². The standard InChI is InChI=1S/C9H12N2/c1-3-7-4-5-8(10)6-9(7)11-2/h3-6,11H,1,10H2,2H3. The highest BCUT2D eigenvalue weighted by Gasteiger charge is 1.95. The third-order valence-electron chi connectivity index (χ3n) is 1.57. The lowest BCUT2D eigenvalue weighted by atomic mass is 10.1. The van der Waals surface area contributed by atoms with Crippen LogP contribution in [0.5, 0.6) is 0 Å². The molecule has 0 aliphatic carbocycles. The van der Waals surface area contributed by atoms with E-state index in [1.807, 2.05) is 25.2 Å². The predicted octanol–water partition coefficient (Wildman–Crippen LogP) is 1.95. The molecule has 0 spiro atoms. The van der Waals surface area contributed by atoms with Crippen LogP contribution in [0.25, 0.3) is 6.08 Å². The average molecular weight is 148 g/mol. The summed E-state index contributed by atoms with van der Waals surface area (Å²) >= 11 is 0. The molecular weight excluding hydrogens is 136 g/mol. The summed E-state index contributed by atoms with van der Waals surface area (Å²) in [4.78, 5) is 0. The average Bonchev–Trinajstić information content (AvgIpc) is 2.04. The van der Waals surface area contributed by atoms with Crippen LogP contribution in [0.15, 0.2) is 24.8 Å². The van der Waals surface area contributed by atoms with Crippen molar-refractivity contribution >= 4 is 17.5 Å². The molecule has 0 atom stereocenters. The van der Waals surface area contributed by atoms with Gasteiger partial charge in [0.2, 0.25) is 0 Å². The first-order valence-electron chi connectivity index (χ1n) is 3.47. The number of nitrogen functional groups attached to an aromatic ring is 1. The molecule has 1 aromatic carbocycles. The number of hydrogen-bond acceptors (Lipinski definition) is 2. The van der Waals surface area contributed by atoms with Gasteiger partial charge in [-0.15, -0.1) is 0 Å². The summed E-state index contributed by atoms with van der Waals surface area (Å²) in [6.07, 6.45) is 1.80. The smallest absolute Gasteiger partial charge is 0.0431 e. The van der Waals surface area contributed by atoms with Gasteiger partial charge in [0, 0.05) is 18.4 Å². The van der Waals surface area contributed by atoms with E-state index < -0.39 is 0 Å². The first-order valence-corrected chi connectivity index (χ1v) is 3.47. The monoisotopic (exact) mass is 148 g/mol. The van der Waals surface area contributed by atoms with Crippen molar-refractivity contribution in [3.05, 3.63) is 30.3 Å². The van der Waals surface area contributed by atoms with E-state index in [1.54, 1.807) is 6.08 Å². The van der Waals surface area contributed by atoms with Gasteiger partial charge in [-0.05, 0) is 17.7 Å². The van der Waals surface area contributed by atoms with Crippen LogP contribution in [0.1, 0.15) is 5.56 Å². The zero-order valence-corrected chi connectivity index (χ0v) is 6.59. The highest BCUT2D eigenvalue weighted by molar-refractivity contribution is 5.69. The molecule has 0 amide bonds. The Morgan fingerprint density at radius 3 is 2.82 bits per heavy atom. The van der Waals surface area contributed by atoms with Crippen LogP contribution in [-0.4, -0.2) is 7.05 Å². The van der Waals surface area contributed by atoms with Gasteiger partial charge in [0.1, 0.15) is 0 Å². The number of nitrogens with two attached hydrogens (primary N) is 1. The highest BCUT2D eigenvalue weighted by Crippen LogP contribution is 2.18. The van der Waals surface area contributed by atoms with Gasteiger partial charge in [-0.2, -0.15) is 0 Å². The van der Waals surface area contributed by atoms with Crippen molar-refractivity contribution in [1.29, 1.82) is 0 Å². The Hall–Kier alpha value is -1.44. The molecule has 1 aromatic rings. The Kier molecular flexibility index (Phi) is 2.16. The lowest BCUT2D eigenvalue weighted by Gasteiger charge is -2.05. The number of hydrogen-bond donors (Lipinski definition) is 2. The van der Waals surface area contributed by atoms with E-state index in [2.05, 4.69) is 11.9 Å². The van der Waals surface area contributed by atoms with Gasteiger partial charge in [-0.25, -0.2) is 0 Å². The van der Waals surface area contributed by atoms with Crippen molar-refractivity contribution in [3.8, 4) is 0 Å². The molecule has 3 N–H and O–H groups in total. The molecule has 0 fully saturated rings. The number of rotatable bonds is 2. The van der Waals surface area contributed by atoms with Crippen molar-refractivity contribution < 1.29 is 0 Å². The summed E-state index contributed by atoms with van der Waals surface area (Å²) in [5.41, 5.74) is 8.43. The van der Waals surface area contributed by atoms with E-state index in [4.69, 9.17) is 5.73 Å². The second-order valence-corrected chi connectivity index (χ2v) is 2.30. The first kappa shape index (κ1) is 7.66. The highest BCUT2D eigenvalue weighted by atomic mass is 14.8. The van der Waals surface area contributed by atoms with Crippen molar-refractivity contribution in [2.75, 3.05) is 18.1 Å². The molecule has 0 saturated carbocycles. The number of nitrogens with one attached hydrogen (secondary N) is 1. The normalized spacial score (nSPS) is 9.18. The van der Waals surface area contributed by atoms with Gasteiger partial charge in [-0.1, -0.05) is 18.7 Å². The largest absolute Gasteiger partial charge is 0.399 e. The van der Waals surface area contributed by atoms with Crippen molar-refractivity contribution in [3.63, 3.8) is 0 Å². The van der Waals surface area contributed by atoms with Crippen LogP contribution in [0.2, 0.25) is 0 Å². The minimum atomic E-state index is 0.764. The first-order chi connectivity index (χ1) is 5.27. The maximum Gasteiger partial charge on any atom is 0.0431 e. The minimum Gasteiger partial charge on any atom is -0.399 e. The fraction of sp³-hybridized carbons (Fsp3) is 0.111. The van der Waals surface area contributed by atoms with Gasteiger partial charge in [-0.3, -0.25) is 0 Å². The summed E-state index contributed by atoms with van der Waals surface area (Å²) in [5, 5.41) is 3.04. The van der Waals surface area contributed by atoms with E-state index in [0.29, 0.717) is 0 Å². The molecule has 0 heterocycles. The van der Waals surface area contributed by atoms with Crippen molar-refractivity contribution in [2.45, 2.75) is 0 Å². The summed E-state index contributed by atoms with van der Waals surface area (Å²) in [6.45, 7) is 3.69. The fourth-order valence-corrected chi connectivity index (χ4v) is 0.968. The Bertz CT molecular complexity index is 266. The van der Waals surface area contributed by atoms with Gasteiger partial charge in [0.25, 0.3) is 0 Å². The molecule has 0 aliphatic heterocycles. The third-order valence-corrected chi connectivity index (χ3v) is 1.57. The summed E-state index contributed by atoms with van der Waals surface area (Å²) < 4.78 is 0. The zero-order valence-electron chi connectivity index (χ0n) is 6.59. The van der Waals surface area contributed by atoms with Crippen LogP contribution >= 0.6 is 0 Å². The van der Waals surface area contributed by atoms with Crippen LogP contribution < -0.4 is 11.1 Å². The molecule has 2 nitrogen and oxygen atoms in total. The molecule has 1 rings (SSSR count). The minimum absolute atomic E-state index is 0.764. The SMILES string of the molecule is C=Cc1ccc(N)cc1NC. The lowest BCUT2D eigenvalue weighted by Crippen LogP contribution is -1.93. The quantitative estimate of drug-likeness (QED) is 0.629. The topological polar surface area (TPSA) is 38.0 Å². The summed E-state index contributed by atoms with van der Waals surface area (Å²) in [7, 11) is 1.86. The Morgan fingerprint density at radius 1 is 1.55 bits per heavy atom.